The lowest BCUT2D eigenvalue weighted by Gasteiger charge is -2.65. The third-order valence-electron chi connectivity index (χ3n) is 5.93. The normalized spacial score (nSPS) is 47.0. The fourth-order valence-corrected chi connectivity index (χ4v) is 5.47. The van der Waals surface area contributed by atoms with Crippen LogP contribution >= 0.6 is 0 Å². The molecule has 4 fully saturated rings. The summed E-state index contributed by atoms with van der Waals surface area (Å²) in [4.78, 5) is 11.8. The molecule has 4 atom stereocenters. The van der Waals surface area contributed by atoms with Crippen LogP contribution in [0.4, 0.5) is 0 Å². The summed E-state index contributed by atoms with van der Waals surface area (Å²) in [6.07, 6.45) is 5.71. The Balaban J connectivity index is 2.03. The van der Waals surface area contributed by atoms with Crippen molar-refractivity contribution < 1.29 is 19.7 Å². The maximum atomic E-state index is 11.8. The van der Waals surface area contributed by atoms with E-state index in [0.29, 0.717) is 24.7 Å². The first-order valence-corrected chi connectivity index (χ1v) is 7.64. The predicted molar refractivity (Wildman–Crippen MR) is 73.8 cm³/mol. The van der Waals surface area contributed by atoms with Crippen LogP contribution in [-0.4, -0.2) is 34.0 Å². The lowest BCUT2D eigenvalue weighted by atomic mass is 9.45. The van der Waals surface area contributed by atoms with E-state index in [9.17, 15) is 15.0 Å². The fraction of sp³-hybridized carbons (Fsp3) is 0.812. The van der Waals surface area contributed by atoms with E-state index >= 15 is 0 Å². The Bertz CT molecular complexity index is 418. The van der Waals surface area contributed by atoms with Crippen LogP contribution in [0.1, 0.15) is 39.0 Å². The molecule has 4 heteroatoms. The molecule has 0 heterocycles. The number of hydrogen-bond acceptors (Lipinski definition) is 4. The summed E-state index contributed by atoms with van der Waals surface area (Å²) in [5, 5.41) is 20.9. The van der Waals surface area contributed by atoms with Crippen molar-refractivity contribution in [2.45, 2.75) is 50.2 Å². The van der Waals surface area contributed by atoms with Gasteiger partial charge in [-0.2, -0.15) is 0 Å². The van der Waals surface area contributed by atoms with E-state index in [4.69, 9.17) is 4.74 Å². The largest absolute Gasteiger partial charge is 0.452 e. The zero-order valence-corrected chi connectivity index (χ0v) is 12.0. The van der Waals surface area contributed by atoms with E-state index in [1.165, 1.54) is 6.42 Å². The Morgan fingerprint density at radius 3 is 2.45 bits per heavy atom. The Hall–Kier alpha value is -0.870. The molecular weight excluding hydrogens is 256 g/mol. The van der Waals surface area contributed by atoms with Gasteiger partial charge < -0.3 is 14.9 Å². The van der Waals surface area contributed by atoms with Crippen LogP contribution in [0.2, 0.25) is 0 Å². The van der Waals surface area contributed by atoms with E-state index in [-0.39, 0.29) is 18.4 Å². The van der Waals surface area contributed by atoms with Gasteiger partial charge in [-0.25, -0.2) is 4.79 Å². The summed E-state index contributed by atoms with van der Waals surface area (Å²) >= 11 is 0. The minimum absolute atomic E-state index is 0.0848. The number of aliphatic hydroxyl groups is 2. The van der Waals surface area contributed by atoms with E-state index in [0.717, 1.165) is 18.9 Å². The molecule has 4 saturated carbocycles. The van der Waals surface area contributed by atoms with Gasteiger partial charge in [-0.3, -0.25) is 0 Å². The SMILES string of the molecule is C=CC(=O)OC1(C(C)CO)C2CC3CC(C2)CC1(O)C3. The monoisotopic (exact) mass is 280 g/mol. The maximum Gasteiger partial charge on any atom is 0.330 e. The lowest BCUT2D eigenvalue weighted by molar-refractivity contribution is -0.294. The number of carbonyl (C=O) groups is 1. The molecule has 4 aliphatic carbocycles. The highest BCUT2D eigenvalue weighted by Gasteiger charge is 2.69. The average molecular weight is 280 g/mol. The second kappa shape index (κ2) is 4.57. The minimum Gasteiger partial charge on any atom is -0.452 e. The molecule has 0 aromatic carbocycles. The molecule has 0 saturated heterocycles. The van der Waals surface area contributed by atoms with Crippen molar-refractivity contribution in [1.82, 2.24) is 0 Å². The van der Waals surface area contributed by atoms with Crippen LogP contribution in [0.5, 0.6) is 0 Å². The molecule has 0 aromatic rings. The predicted octanol–water partition coefficient (Wildman–Crippen LogP) is 1.65. The molecule has 4 rings (SSSR count). The highest BCUT2D eigenvalue weighted by atomic mass is 16.6. The van der Waals surface area contributed by atoms with E-state index in [2.05, 4.69) is 6.58 Å². The fourth-order valence-electron chi connectivity index (χ4n) is 5.47. The summed E-state index contributed by atoms with van der Waals surface area (Å²) in [6.45, 7) is 5.25. The van der Waals surface area contributed by atoms with Crippen LogP contribution in [0.25, 0.3) is 0 Å². The number of carbonyl (C=O) groups excluding carboxylic acids is 1. The average Bonchev–Trinajstić information content (AvgIpc) is 2.40. The van der Waals surface area contributed by atoms with Crippen molar-refractivity contribution in [1.29, 1.82) is 0 Å². The molecule has 2 N–H and O–H groups in total. The quantitative estimate of drug-likeness (QED) is 0.607. The molecule has 0 radical (unpaired) electrons. The maximum absolute atomic E-state index is 11.8. The van der Waals surface area contributed by atoms with Gasteiger partial charge in [0.05, 0.1) is 0 Å². The smallest absolute Gasteiger partial charge is 0.330 e. The number of rotatable bonds is 4. The molecular formula is C16H24O4. The van der Waals surface area contributed by atoms with E-state index in [1.54, 1.807) is 0 Å². The first-order valence-electron chi connectivity index (χ1n) is 7.64. The molecule has 4 nitrogen and oxygen atoms in total. The molecule has 4 unspecified atom stereocenters. The van der Waals surface area contributed by atoms with Crippen molar-refractivity contribution in [2.75, 3.05) is 6.61 Å². The van der Waals surface area contributed by atoms with Gasteiger partial charge in [0, 0.05) is 24.5 Å². The van der Waals surface area contributed by atoms with Crippen molar-refractivity contribution in [3.05, 3.63) is 12.7 Å². The molecule has 20 heavy (non-hydrogen) atoms. The first-order chi connectivity index (χ1) is 9.45. The van der Waals surface area contributed by atoms with Gasteiger partial charge in [0.15, 0.2) is 0 Å². The lowest BCUT2D eigenvalue weighted by Crippen LogP contribution is -2.73. The van der Waals surface area contributed by atoms with E-state index in [1.807, 2.05) is 6.92 Å². The second-order valence-electron chi connectivity index (χ2n) is 7.08. The van der Waals surface area contributed by atoms with Crippen molar-refractivity contribution >= 4 is 5.97 Å². The molecule has 4 aliphatic rings. The van der Waals surface area contributed by atoms with Gasteiger partial charge in [-0.05, 0) is 43.9 Å². The van der Waals surface area contributed by atoms with Gasteiger partial charge >= 0.3 is 5.97 Å². The molecule has 112 valence electrons. The molecule has 0 aromatic heterocycles. The van der Waals surface area contributed by atoms with Crippen LogP contribution in [-0.2, 0) is 9.53 Å². The van der Waals surface area contributed by atoms with Gasteiger partial charge in [0.25, 0.3) is 0 Å². The Morgan fingerprint density at radius 1 is 1.40 bits per heavy atom. The zero-order chi connectivity index (χ0) is 14.5. The summed E-state index contributed by atoms with van der Waals surface area (Å²) in [6, 6.07) is 0. The molecule has 0 amide bonds. The summed E-state index contributed by atoms with van der Waals surface area (Å²) in [5.74, 6) is 0.482. The van der Waals surface area contributed by atoms with Crippen LogP contribution in [0.3, 0.4) is 0 Å². The van der Waals surface area contributed by atoms with Crippen molar-refractivity contribution in [3.63, 3.8) is 0 Å². The van der Waals surface area contributed by atoms with Crippen LogP contribution < -0.4 is 0 Å². The number of esters is 1. The van der Waals surface area contributed by atoms with Crippen LogP contribution in [0.15, 0.2) is 12.7 Å². The topological polar surface area (TPSA) is 66.8 Å². The standard InChI is InChI=1S/C16H24O4/c1-3-14(18)20-16(10(2)9-17)13-5-11-4-12(6-13)8-15(16,19)7-11/h3,10-13,17,19H,1,4-9H2,2H3. The molecule has 0 spiro atoms. The third kappa shape index (κ3) is 1.70. The summed E-state index contributed by atoms with van der Waals surface area (Å²) in [5.41, 5.74) is -1.93. The molecule has 0 aliphatic heterocycles. The van der Waals surface area contributed by atoms with Gasteiger partial charge in [0.1, 0.15) is 11.2 Å². The first kappa shape index (κ1) is 14.1. The summed E-state index contributed by atoms with van der Waals surface area (Å²) < 4.78 is 5.75. The third-order valence-corrected chi connectivity index (χ3v) is 5.93. The van der Waals surface area contributed by atoms with E-state index < -0.39 is 17.2 Å². The number of ether oxygens (including phenoxy) is 1. The highest BCUT2D eigenvalue weighted by Crippen LogP contribution is 2.63. The van der Waals surface area contributed by atoms with Gasteiger partial charge in [0.2, 0.25) is 0 Å². The highest BCUT2D eigenvalue weighted by molar-refractivity contribution is 5.81. The van der Waals surface area contributed by atoms with Crippen molar-refractivity contribution in [2.24, 2.45) is 23.7 Å². The summed E-state index contributed by atoms with van der Waals surface area (Å²) in [7, 11) is 0. The van der Waals surface area contributed by atoms with Crippen molar-refractivity contribution in [3.8, 4) is 0 Å². The number of hydrogen-bond donors (Lipinski definition) is 2. The van der Waals surface area contributed by atoms with Crippen LogP contribution in [0, 0.1) is 23.7 Å². The number of aliphatic hydroxyl groups excluding tert-OH is 1. The Kier molecular flexibility index (Phi) is 3.22. The Morgan fingerprint density at radius 2 is 2.00 bits per heavy atom. The minimum atomic E-state index is -0.984. The second-order valence-corrected chi connectivity index (χ2v) is 7.08. The molecule has 4 bridgehead atoms. The zero-order valence-electron chi connectivity index (χ0n) is 12.0. The van der Waals surface area contributed by atoms with Gasteiger partial charge in [-0.1, -0.05) is 13.5 Å². The van der Waals surface area contributed by atoms with Gasteiger partial charge in [-0.15, -0.1) is 0 Å². The Labute approximate surface area is 119 Å².